The quantitative estimate of drug-likeness (QED) is 0.872. The zero-order valence-corrected chi connectivity index (χ0v) is 11.8. The number of thioether (sulfide) groups is 1. The molecule has 2 N–H and O–H groups in total. The van der Waals surface area contributed by atoms with Crippen molar-refractivity contribution in [3.05, 3.63) is 29.8 Å². The first-order valence-electron chi connectivity index (χ1n) is 6.72. The van der Waals surface area contributed by atoms with Crippen LogP contribution in [0.3, 0.4) is 0 Å². The molecule has 0 saturated heterocycles. The molecule has 1 fully saturated rings. The largest absolute Gasteiger partial charge is 0.398 e. The number of halogens is 1. The van der Waals surface area contributed by atoms with Crippen LogP contribution in [-0.2, 0) is 5.75 Å². The lowest BCUT2D eigenvalue weighted by molar-refractivity contribution is 0.425. The third kappa shape index (κ3) is 2.95. The van der Waals surface area contributed by atoms with Crippen molar-refractivity contribution in [2.75, 3.05) is 5.73 Å². The van der Waals surface area contributed by atoms with Gasteiger partial charge in [0.2, 0.25) is 0 Å². The van der Waals surface area contributed by atoms with Crippen LogP contribution in [0.2, 0.25) is 0 Å². The number of anilines is 1. The Morgan fingerprint density at radius 3 is 2.95 bits per heavy atom. The smallest absolute Gasteiger partial charge is 0.260 e. The van der Waals surface area contributed by atoms with Crippen LogP contribution < -0.4 is 5.73 Å². The zero-order valence-electron chi connectivity index (χ0n) is 11.0. The maximum Gasteiger partial charge on any atom is 0.260 e. The van der Waals surface area contributed by atoms with E-state index >= 15 is 0 Å². The van der Waals surface area contributed by atoms with Crippen LogP contribution in [0.25, 0.3) is 11.5 Å². The topological polar surface area (TPSA) is 64.9 Å². The number of rotatable bonds is 4. The molecule has 1 aromatic heterocycles. The van der Waals surface area contributed by atoms with Gasteiger partial charge in [0.15, 0.2) is 5.82 Å². The Labute approximate surface area is 120 Å². The van der Waals surface area contributed by atoms with Crippen molar-refractivity contribution in [3.8, 4) is 11.5 Å². The SMILES string of the molecule is Nc1ccc(F)cc1-c1nc(CSC2CCCC2)no1. The number of benzene rings is 1. The first-order chi connectivity index (χ1) is 9.72. The Morgan fingerprint density at radius 1 is 1.35 bits per heavy atom. The van der Waals surface area contributed by atoms with Gasteiger partial charge in [-0.2, -0.15) is 16.7 Å². The van der Waals surface area contributed by atoms with Gasteiger partial charge in [0.25, 0.3) is 5.89 Å². The molecule has 0 bridgehead atoms. The fourth-order valence-electron chi connectivity index (χ4n) is 2.38. The van der Waals surface area contributed by atoms with E-state index in [9.17, 15) is 4.39 Å². The lowest BCUT2D eigenvalue weighted by Gasteiger charge is -2.04. The summed E-state index contributed by atoms with van der Waals surface area (Å²) in [7, 11) is 0. The maximum atomic E-state index is 13.2. The van der Waals surface area contributed by atoms with Crippen molar-refractivity contribution in [2.24, 2.45) is 0 Å². The second-order valence-electron chi connectivity index (χ2n) is 4.96. The van der Waals surface area contributed by atoms with Crippen molar-refractivity contribution in [2.45, 2.75) is 36.7 Å². The van der Waals surface area contributed by atoms with Crippen LogP contribution in [0, 0.1) is 5.82 Å². The minimum Gasteiger partial charge on any atom is -0.398 e. The molecule has 1 aliphatic rings. The number of hydrogen-bond acceptors (Lipinski definition) is 5. The van der Waals surface area contributed by atoms with Gasteiger partial charge in [-0.3, -0.25) is 0 Å². The monoisotopic (exact) mass is 293 g/mol. The summed E-state index contributed by atoms with van der Waals surface area (Å²) >= 11 is 1.86. The average Bonchev–Trinajstić information content (AvgIpc) is 3.10. The van der Waals surface area contributed by atoms with E-state index in [-0.39, 0.29) is 11.7 Å². The van der Waals surface area contributed by atoms with E-state index in [1.54, 1.807) is 0 Å². The van der Waals surface area contributed by atoms with Crippen LogP contribution in [0.4, 0.5) is 10.1 Å². The molecule has 1 heterocycles. The van der Waals surface area contributed by atoms with Gasteiger partial charge in [-0.1, -0.05) is 18.0 Å². The van der Waals surface area contributed by atoms with Crippen LogP contribution in [0.15, 0.2) is 22.7 Å². The molecule has 1 aliphatic carbocycles. The molecule has 0 radical (unpaired) electrons. The van der Waals surface area contributed by atoms with Gasteiger partial charge >= 0.3 is 0 Å². The molecule has 2 aromatic rings. The molecule has 0 spiro atoms. The van der Waals surface area contributed by atoms with Gasteiger partial charge in [-0.25, -0.2) is 4.39 Å². The van der Waals surface area contributed by atoms with Crippen LogP contribution >= 0.6 is 11.8 Å². The minimum absolute atomic E-state index is 0.282. The Morgan fingerprint density at radius 2 is 2.15 bits per heavy atom. The molecule has 1 saturated carbocycles. The summed E-state index contributed by atoms with van der Waals surface area (Å²) in [6.07, 6.45) is 5.17. The second-order valence-corrected chi connectivity index (χ2v) is 6.25. The maximum absolute atomic E-state index is 13.2. The first kappa shape index (κ1) is 13.4. The predicted octanol–water partition coefficient (Wildman–Crippen LogP) is 3.63. The van der Waals surface area contributed by atoms with E-state index in [0.29, 0.717) is 22.3 Å². The Bertz CT molecular complexity index is 596. The third-order valence-corrected chi connectivity index (χ3v) is 4.83. The zero-order chi connectivity index (χ0) is 13.9. The Hall–Kier alpha value is -1.56. The van der Waals surface area contributed by atoms with E-state index in [4.69, 9.17) is 10.3 Å². The van der Waals surface area contributed by atoms with E-state index in [1.165, 1.54) is 43.9 Å². The first-order valence-corrected chi connectivity index (χ1v) is 7.77. The molecule has 4 nitrogen and oxygen atoms in total. The van der Waals surface area contributed by atoms with Crippen molar-refractivity contribution in [1.82, 2.24) is 10.1 Å². The Kier molecular flexibility index (Phi) is 3.91. The molecule has 1 aromatic carbocycles. The highest BCUT2D eigenvalue weighted by Crippen LogP contribution is 2.32. The molecule has 3 rings (SSSR count). The average molecular weight is 293 g/mol. The van der Waals surface area contributed by atoms with Crippen LogP contribution in [0.1, 0.15) is 31.5 Å². The molecule has 0 atom stereocenters. The summed E-state index contributed by atoms with van der Waals surface area (Å²) in [5, 5.41) is 4.64. The number of nitrogens with zero attached hydrogens (tertiary/aromatic N) is 2. The number of nitrogens with two attached hydrogens (primary N) is 1. The van der Waals surface area contributed by atoms with Gasteiger partial charge in [-0.05, 0) is 31.0 Å². The third-order valence-electron chi connectivity index (χ3n) is 3.46. The van der Waals surface area contributed by atoms with Gasteiger partial charge < -0.3 is 10.3 Å². The fraction of sp³-hybridized carbons (Fsp3) is 0.429. The molecular weight excluding hydrogens is 277 g/mol. The highest BCUT2D eigenvalue weighted by atomic mass is 32.2. The van der Waals surface area contributed by atoms with Crippen molar-refractivity contribution >= 4 is 17.4 Å². The van der Waals surface area contributed by atoms with Crippen LogP contribution in [-0.4, -0.2) is 15.4 Å². The van der Waals surface area contributed by atoms with Gasteiger partial charge in [-0.15, -0.1) is 0 Å². The molecule has 6 heteroatoms. The molecule has 106 valence electrons. The van der Waals surface area contributed by atoms with E-state index < -0.39 is 0 Å². The summed E-state index contributed by atoms with van der Waals surface area (Å²) in [6.45, 7) is 0. The summed E-state index contributed by atoms with van der Waals surface area (Å²) in [5.41, 5.74) is 6.69. The van der Waals surface area contributed by atoms with E-state index in [0.717, 1.165) is 5.75 Å². The summed E-state index contributed by atoms with van der Waals surface area (Å²) in [5.74, 6) is 1.28. The number of nitrogen functional groups attached to an aromatic ring is 1. The van der Waals surface area contributed by atoms with Crippen molar-refractivity contribution in [3.63, 3.8) is 0 Å². The van der Waals surface area contributed by atoms with Crippen LogP contribution in [0.5, 0.6) is 0 Å². The highest BCUT2D eigenvalue weighted by Gasteiger charge is 2.17. The summed E-state index contributed by atoms with van der Waals surface area (Å²) in [4.78, 5) is 4.30. The summed E-state index contributed by atoms with van der Waals surface area (Å²) in [6, 6.07) is 4.13. The molecule has 20 heavy (non-hydrogen) atoms. The lowest BCUT2D eigenvalue weighted by Crippen LogP contribution is -1.96. The number of hydrogen-bond donors (Lipinski definition) is 1. The Balaban J connectivity index is 1.71. The van der Waals surface area contributed by atoms with Crippen molar-refractivity contribution in [1.29, 1.82) is 0 Å². The minimum atomic E-state index is -0.366. The van der Waals surface area contributed by atoms with Crippen molar-refractivity contribution < 1.29 is 8.91 Å². The molecular formula is C14H16FN3OS. The summed E-state index contributed by atoms with van der Waals surface area (Å²) < 4.78 is 18.4. The van der Waals surface area contributed by atoms with Gasteiger partial charge in [0, 0.05) is 10.9 Å². The van der Waals surface area contributed by atoms with Gasteiger partial charge in [0.1, 0.15) is 5.82 Å². The second kappa shape index (κ2) is 5.83. The number of aromatic nitrogens is 2. The van der Waals surface area contributed by atoms with Gasteiger partial charge in [0.05, 0.1) is 11.3 Å². The lowest BCUT2D eigenvalue weighted by atomic mass is 10.2. The fourth-order valence-corrected chi connectivity index (χ4v) is 3.55. The predicted molar refractivity (Wildman–Crippen MR) is 77.7 cm³/mol. The van der Waals surface area contributed by atoms with E-state index in [1.807, 2.05) is 11.8 Å². The standard InChI is InChI=1S/C14H16FN3OS/c15-9-5-6-12(16)11(7-9)14-17-13(18-19-14)8-20-10-3-1-2-4-10/h5-7,10H,1-4,8,16H2. The van der Waals surface area contributed by atoms with E-state index in [2.05, 4.69) is 10.1 Å². The highest BCUT2D eigenvalue weighted by molar-refractivity contribution is 7.99. The normalized spacial score (nSPS) is 15.8. The molecule has 0 amide bonds. The molecule has 0 unspecified atom stereocenters. The molecule has 0 aliphatic heterocycles.